The molecule has 0 radical (unpaired) electrons. The molecule has 0 atom stereocenters. The fourth-order valence-corrected chi connectivity index (χ4v) is 5.09. The smallest absolute Gasteiger partial charge is 0.225 e. The van der Waals surface area contributed by atoms with Gasteiger partial charge in [-0.15, -0.1) is 0 Å². The molecule has 1 saturated carbocycles. The third kappa shape index (κ3) is 3.64. The molecule has 3 heterocycles. The normalized spacial score (nSPS) is 17.8. The van der Waals surface area contributed by atoms with Crippen molar-refractivity contribution in [3.8, 4) is 0 Å². The Labute approximate surface area is 184 Å². The molecule has 1 aliphatic heterocycles. The number of rotatable bonds is 4. The minimum Gasteiger partial charge on any atom is -0.342 e. The van der Waals surface area contributed by atoms with E-state index in [0.29, 0.717) is 17.7 Å². The molecular weight excluding hydrogens is 384 g/mol. The van der Waals surface area contributed by atoms with Crippen LogP contribution in [-0.2, 0) is 11.3 Å². The minimum absolute atomic E-state index is 0.291. The summed E-state index contributed by atoms with van der Waals surface area (Å²) in [7, 11) is 0. The molecule has 0 bridgehead atoms. The largest absolute Gasteiger partial charge is 0.342 e. The molecule has 5 nitrogen and oxygen atoms in total. The predicted octanol–water partition coefficient (Wildman–Crippen LogP) is 4.91. The van der Waals surface area contributed by atoms with E-state index in [-0.39, 0.29) is 0 Å². The van der Waals surface area contributed by atoms with Crippen molar-refractivity contribution in [2.75, 3.05) is 13.1 Å². The zero-order chi connectivity index (χ0) is 21.5. The van der Waals surface area contributed by atoms with E-state index < -0.39 is 0 Å². The Morgan fingerprint density at radius 2 is 1.71 bits per heavy atom. The number of pyridine rings is 1. The Morgan fingerprint density at radius 1 is 1.00 bits per heavy atom. The van der Waals surface area contributed by atoms with Gasteiger partial charge in [-0.1, -0.05) is 36.8 Å². The van der Waals surface area contributed by atoms with Gasteiger partial charge < -0.3 is 4.90 Å². The van der Waals surface area contributed by atoms with E-state index in [1.807, 2.05) is 6.07 Å². The van der Waals surface area contributed by atoms with Gasteiger partial charge >= 0.3 is 0 Å². The lowest BCUT2D eigenvalue weighted by Crippen LogP contribution is -2.43. The van der Waals surface area contributed by atoms with Gasteiger partial charge in [0, 0.05) is 36.0 Å². The van der Waals surface area contributed by atoms with Gasteiger partial charge in [0.2, 0.25) is 5.91 Å². The van der Waals surface area contributed by atoms with E-state index in [0.717, 1.165) is 56.7 Å². The van der Waals surface area contributed by atoms with Gasteiger partial charge in [-0.25, -0.2) is 9.67 Å². The number of likely N-dealkylation sites (tertiary alicyclic amines) is 1. The van der Waals surface area contributed by atoms with Crippen molar-refractivity contribution in [1.82, 2.24) is 19.7 Å². The summed E-state index contributed by atoms with van der Waals surface area (Å²) in [4.78, 5) is 19.7. The summed E-state index contributed by atoms with van der Waals surface area (Å²) >= 11 is 0. The average Bonchev–Trinajstić information content (AvgIpc) is 3.09. The summed E-state index contributed by atoms with van der Waals surface area (Å²) in [5.74, 6) is 1.06. The first kappa shape index (κ1) is 20.2. The molecule has 2 aliphatic rings. The molecule has 1 aromatic carbocycles. The highest BCUT2D eigenvalue weighted by atomic mass is 16.2. The lowest BCUT2D eigenvalue weighted by Gasteiger charge is -2.36. The summed E-state index contributed by atoms with van der Waals surface area (Å²) < 4.78 is 2.09. The zero-order valence-corrected chi connectivity index (χ0v) is 18.9. The van der Waals surface area contributed by atoms with Crippen LogP contribution in [0.1, 0.15) is 66.1 Å². The molecule has 1 saturated heterocycles. The second-order valence-electron chi connectivity index (χ2n) is 9.40. The van der Waals surface area contributed by atoms with Crippen molar-refractivity contribution in [2.24, 2.45) is 5.92 Å². The summed E-state index contributed by atoms with van der Waals surface area (Å²) in [6.07, 6.45) is 5.35. The summed E-state index contributed by atoms with van der Waals surface area (Å²) in [6.45, 7) is 8.89. The second-order valence-corrected chi connectivity index (χ2v) is 9.40. The van der Waals surface area contributed by atoms with Crippen LogP contribution in [0.3, 0.4) is 0 Å². The first-order valence-electron chi connectivity index (χ1n) is 11.7. The van der Waals surface area contributed by atoms with Gasteiger partial charge in [0.15, 0.2) is 5.65 Å². The Morgan fingerprint density at radius 3 is 2.35 bits per heavy atom. The molecule has 2 aromatic heterocycles. The first-order chi connectivity index (χ1) is 15.0. The number of amides is 1. The van der Waals surface area contributed by atoms with Gasteiger partial charge in [0.25, 0.3) is 0 Å². The van der Waals surface area contributed by atoms with Crippen molar-refractivity contribution in [3.63, 3.8) is 0 Å². The third-order valence-corrected chi connectivity index (χ3v) is 7.53. The number of nitrogens with zero attached hydrogens (tertiary/aromatic N) is 4. The number of piperidine rings is 1. The molecule has 5 heteroatoms. The van der Waals surface area contributed by atoms with E-state index >= 15 is 0 Å². The molecule has 0 spiro atoms. The Bertz CT molecular complexity index is 1110. The van der Waals surface area contributed by atoms with Crippen LogP contribution in [0.4, 0.5) is 0 Å². The lowest BCUT2D eigenvalue weighted by atomic mass is 9.83. The summed E-state index contributed by atoms with van der Waals surface area (Å²) in [5, 5.41) is 6.36. The second kappa shape index (κ2) is 8.10. The van der Waals surface area contributed by atoms with E-state index in [2.05, 4.69) is 54.6 Å². The molecule has 5 rings (SSSR count). The maximum absolute atomic E-state index is 12.7. The molecular formula is C26H32N4O. The number of hydrogen-bond acceptors (Lipinski definition) is 3. The number of benzene rings is 1. The van der Waals surface area contributed by atoms with E-state index in [1.165, 1.54) is 34.2 Å². The quantitative estimate of drug-likeness (QED) is 0.607. The fourth-order valence-electron chi connectivity index (χ4n) is 5.09. The van der Waals surface area contributed by atoms with Gasteiger partial charge in [0.05, 0.1) is 12.2 Å². The number of aromatic nitrogens is 3. The van der Waals surface area contributed by atoms with Crippen LogP contribution in [0.15, 0.2) is 30.3 Å². The maximum atomic E-state index is 12.7. The van der Waals surface area contributed by atoms with Gasteiger partial charge in [-0.3, -0.25) is 4.79 Å². The SMILES string of the molecule is Cc1nc2c(c(C3CCN(C(=O)C4CCC4)CC3)nn2Cc2ccccc2)c(C)c1C. The van der Waals surface area contributed by atoms with Crippen LogP contribution in [0.25, 0.3) is 11.0 Å². The van der Waals surface area contributed by atoms with E-state index in [9.17, 15) is 4.79 Å². The summed E-state index contributed by atoms with van der Waals surface area (Å²) in [6, 6.07) is 10.5. The van der Waals surface area contributed by atoms with Gasteiger partial charge in [0.1, 0.15) is 0 Å². The molecule has 0 unspecified atom stereocenters. The fraction of sp³-hybridized carbons (Fsp3) is 0.500. The van der Waals surface area contributed by atoms with Gasteiger partial charge in [-0.05, 0) is 63.1 Å². The number of carbonyl (C=O) groups is 1. The van der Waals surface area contributed by atoms with Gasteiger partial charge in [-0.2, -0.15) is 5.10 Å². The van der Waals surface area contributed by atoms with Crippen LogP contribution in [-0.4, -0.2) is 38.7 Å². The highest BCUT2D eigenvalue weighted by Gasteiger charge is 2.33. The molecule has 1 aliphatic carbocycles. The van der Waals surface area contributed by atoms with Crippen molar-refractivity contribution in [3.05, 3.63) is 58.4 Å². The highest BCUT2D eigenvalue weighted by molar-refractivity contribution is 5.84. The van der Waals surface area contributed by atoms with Crippen LogP contribution >= 0.6 is 0 Å². The Balaban J connectivity index is 1.47. The zero-order valence-electron chi connectivity index (χ0n) is 18.9. The Kier molecular flexibility index (Phi) is 5.28. The highest BCUT2D eigenvalue weighted by Crippen LogP contribution is 2.36. The summed E-state index contributed by atoms with van der Waals surface area (Å²) in [5.41, 5.74) is 7.03. The minimum atomic E-state index is 0.291. The van der Waals surface area contributed by atoms with Crippen molar-refractivity contribution >= 4 is 16.9 Å². The van der Waals surface area contributed by atoms with Crippen LogP contribution < -0.4 is 0 Å². The third-order valence-electron chi connectivity index (χ3n) is 7.53. The molecule has 162 valence electrons. The standard InChI is InChI=1S/C26H32N4O/c1-17-18(2)23-24(21-12-14-29(15-13-21)26(31)22-10-7-11-22)28-30(25(23)27-19(17)3)16-20-8-5-4-6-9-20/h4-6,8-9,21-22H,7,10-16H2,1-3H3. The predicted molar refractivity (Wildman–Crippen MR) is 123 cm³/mol. The molecule has 3 aromatic rings. The average molecular weight is 417 g/mol. The van der Waals surface area contributed by atoms with Crippen molar-refractivity contribution in [2.45, 2.75) is 65.3 Å². The maximum Gasteiger partial charge on any atom is 0.225 e. The van der Waals surface area contributed by atoms with Crippen LogP contribution in [0, 0.1) is 26.7 Å². The molecule has 31 heavy (non-hydrogen) atoms. The number of hydrogen-bond donors (Lipinski definition) is 0. The van der Waals surface area contributed by atoms with Crippen LogP contribution in [0.2, 0.25) is 0 Å². The molecule has 0 N–H and O–H groups in total. The van der Waals surface area contributed by atoms with Crippen molar-refractivity contribution in [1.29, 1.82) is 0 Å². The first-order valence-corrected chi connectivity index (χ1v) is 11.7. The Hall–Kier alpha value is -2.69. The lowest BCUT2D eigenvalue weighted by molar-refractivity contribution is -0.139. The van der Waals surface area contributed by atoms with E-state index in [1.54, 1.807) is 0 Å². The van der Waals surface area contributed by atoms with E-state index in [4.69, 9.17) is 10.1 Å². The van der Waals surface area contributed by atoms with Crippen molar-refractivity contribution < 1.29 is 4.79 Å². The molecule has 2 fully saturated rings. The monoisotopic (exact) mass is 416 g/mol. The number of aryl methyl sites for hydroxylation is 2. The number of fused-ring (bicyclic) bond motifs is 1. The van der Waals surface area contributed by atoms with Crippen LogP contribution in [0.5, 0.6) is 0 Å². The molecule has 1 amide bonds. The number of carbonyl (C=O) groups excluding carboxylic acids is 1. The topological polar surface area (TPSA) is 51.0 Å².